The number of anilines is 1. The van der Waals surface area contributed by atoms with Crippen molar-refractivity contribution in [3.8, 4) is 0 Å². The second-order valence-corrected chi connectivity index (χ2v) is 7.14. The van der Waals surface area contributed by atoms with Crippen LogP contribution in [0.25, 0.3) is 0 Å². The maximum absolute atomic E-state index is 11.3. The number of nitrogens with one attached hydrogen (secondary N) is 2. The summed E-state index contributed by atoms with van der Waals surface area (Å²) in [6.07, 6.45) is 1.96. The Morgan fingerprint density at radius 2 is 2.22 bits per heavy atom. The highest BCUT2D eigenvalue weighted by atomic mass is 32.2. The molecule has 100 valence electrons. The van der Waals surface area contributed by atoms with Gasteiger partial charge in [-0.2, -0.15) is 0 Å². The van der Waals surface area contributed by atoms with E-state index in [1.807, 2.05) is 11.4 Å². The van der Waals surface area contributed by atoms with Crippen LogP contribution in [0.1, 0.15) is 24.6 Å². The largest absolute Gasteiger partial charge is 0.325 e. The molecule has 1 fully saturated rings. The van der Waals surface area contributed by atoms with E-state index in [9.17, 15) is 9.00 Å². The third-order valence-corrected chi connectivity index (χ3v) is 5.30. The Morgan fingerprint density at radius 1 is 1.50 bits per heavy atom. The average molecular weight is 286 g/mol. The zero-order valence-corrected chi connectivity index (χ0v) is 12.0. The number of carbonyl (C=O) groups excluding carboxylic acids is 1. The van der Waals surface area contributed by atoms with E-state index in [0.29, 0.717) is 6.04 Å². The molecule has 0 bridgehead atoms. The number of hydrogen-bond donors (Lipinski definition) is 2. The van der Waals surface area contributed by atoms with Crippen molar-refractivity contribution in [2.24, 2.45) is 0 Å². The van der Waals surface area contributed by atoms with Gasteiger partial charge in [0.05, 0.1) is 5.69 Å². The number of thiophene rings is 1. The smallest absolute Gasteiger partial charge is 0.221 e. The van der Waals surface area contributed by atoms with Crippen LogP contribution in [0.5, 0.6) is 0 Å². The van der Waals surface area contributed by atoms with Gasteiger partial charge in [-0.1, -0.05) is 0 Å². The summed E-state index contributed by atoms with van der Waals surface area (Å²) in [6, 6.07) is 2.38. The number of hydrogen-bond acceptors (Lipinski definition) is 4. The van der Waals surface area contributed by atoms with Crippen LogP contribution in [0.2, 0.25) is 0 Å². The molecule has 0 unspecified atom stereocenters. The topological polar surface area (TPSA) is 58.2 Å². The van der Waals surface area contributed by atoms with Gasteiger partial charge in [0.15, 0.2) is 0 Å². The van der Waals surface area contributed by atoms with Gasteiger partial charge in [0.25, 0.3) is 0 Å². The van der Waals surface area contributed by atoms with Gasteiger partial charge in [-0.15, -0.1) is 11.3 Å². The van der Waals surface area contributed by atoms with Crippen molar-refractivity contribution in [2.75, 3.05) is 16.8 Å². The summed E-state index contributed by atoms with van der Waals surface area (Å²) in [5.41, 5.74) is 0.902. The summed E-state index contributed by atoms with van der Waals surface area (Å²) < 4.78 is 11.3. The van der Waals surface area contributed by atoms with E-state index in [4.69, 9.17) is 0 Å². The summed E-state index contributed by atoms with van der Waals surface area (Å²) >= 11 is 1.64. The average Bonchev–Trinajstić information content (AvgIpc) is 2.75. The highest BCUT2D eigenvalue weighted by Crippen LogP contribution is 2.22. The molecule has 2 heterocycles. The lowest BCUT2D eigenvalue weighted by Gasteiger charge is -2.22. The van der Waals surface area contributed by atoms with Crippen LogP contribution < -0.4 is 10.6 Å². The molecule has 0 aromatic carbocycles. The molecule has 1 aliphatic rings. The van der Waals surface area contributed by atoms with E-state index in [-0.39, 0.29) is 5.91 Å². The standard InChI is InChI=1S/C12H18N2O2S2/c1-9(15)14-11-2-5-17-12(11)8-13-10-3-6-18(16)7-4-10/h2,5,10,13H,3-4,6-8H2,1H3,(H,14,15). The lowest BCUT2D eigenvalue weighted by Crippen LogP contribution is -2.35. The maximum atomic E-state index is 11.3. The van der Waals surface area contributed by atoms with Crippen LogP contribution in [0.3, 0.4) is 0 Å². The number of rotatable bonds is 4. The van der Waals surface area contributed by atoms with Crippen LogP contribution >= 0.6 is 11.3 Å². The van der Waals surface area contributed by atoms with E-state index in [2.05, 4.69) is 10.6 Å². The highest BCUT2D eigenvalue weighted by Gasteiger charge is 2.17. The SMILES string of the molecule is CC(=O)Nc1ccsc1CNC1CCS(=O)CC1. The molecule has 18 heavy (non-hydrogen) atoms. The van der Waals surface area contributed by atoms with Crippen LogP contribution in [-0.4, -0.2) is 27.7 Å². The predicted octanol–water partition coefficient (Wildman–Crippen LogP) is 1.71. The Labute approximate surface area is 114 Å². The Kier molecular flexibility index (Phi) is 4.91. The van der Waals surface area contributed by atoms with Crippen molar-refractivity contribution >= 4 is 33.7 Å². The number of amides is 1. The van der Waals surface area contributed by atoms with Gasteiger partial charge >= 0.3 is 0 Å². The molecule has 0 spiro atoms. The maximum Gasteiger partial charge on any atom is 0.221 e. The van der Waals surface area contributed by atoms with Gasteiger partial charge in [-0.25, -0.2) is 0 Å². The van der Waals surface area contributed by atoms with Gasteiger partial charge in [0.1, 0.15) is 0 Å². The molecule has 0 saturated carbocycles. The first-order valence-corrected chi connectivity index (χ1v) is 8.44. The molecule has 1 saturated heterocycles. The fraction of sp³-hybridized carbons (Fsp3) is 0.583. The van der Waals surface area contributed by atoms with Gasteiger partial charge in [0, 0.05) is 46.7 Å². The zero-order valence-electron chi connectivity index (χ0n) is 10.4. The first-order valence-electron chi connectivity index (χ1n) is 6.07. The summed E-state index contributed by atoms with van der Waals surface area (Å²) in [5.74, 6) is 1.57. The minimum Gasteiger partial charge on any atom is -0.325 e. The molecule has 1 amide bonds. The van der Waals surface area contributed by atoms with Gasteiger partial charge in [-0.05, 0) is 24.3 Å². The molecule has 0 aliphatic carbocycles. The minimum absolute atomic E-state index is 0.0392. The Hall–Kier alpha value is -0.720. The van der Waals surface area contributed by atoms with Crippen LogP contribution in [0.15, 0.2) is 11.4 Å². The van der Waals surface area contributed by atoms with Crippen LogP contribution in [0.4, 0.5) is 5.69 Å². The summed E-state index contributed by atoms with van der Waals surface area (Å²) in [7, 11) is -0.608. The van der Waals surface area contributed by atoms with Crippen molar-refractivity contribution in [1.82, 2.24) is 5.32 Å². The van der Waals surface area contributed by atoms with Crippen molar-refractivity contribution in [3.63, 3.8) is 0 Å². The lowest BCUT2D eigenvalue weighted by molar-refractivity contribution is -0.114. The third-order valence-electron chi connectivity index (χ3n) is 3.00. The fourth-order valence-corrected chi connectivity index (χ4v) is 4.09. The molecule has 2 rings (SSSR count). The Bertz CT molecular complexity index is 435. The molecule has 4 nitrogen and oxygen atoms in total. The first-order chi connectivity index (χ1) is 8.65. The van der Waals surface area contributed by atoms with Crippen LogP contribution in [0, 0.1) is 0 Å². The molecule has 1 aliphatic heterocycles. The molecule has 6 heteroatoms. The van der Waals surface area contributed by atoms with Gasteiger partial charge in [-0.3, -0.25) is 9.00 Å². The van der Waals surface area contributed by atoms with Crippen LogP contribution in [-0.2, 0) is 22.1 Å². The normalized spacial score (nSPS) is 23.8. The molecule has 1 aromatic rings. The molecule has 0 atom stereocenters. The first kappa shape index (κ1) is 13.7. The van der Waals surface area contributed by atoms with Crippen molar-refractivity contribution < 1.29 is 9.00 Å². The number of carbonyl (C=O) groups is 1. The summed E-state index contributed by atoms with van der Waals surface area (Å²) in [6.45, 7) is 2.29. The quantitative estimate of drug-likeness (QED) is 0.886. The Balaban J connectivity index is 1.84. The summed E-state index contributed by atoms with van der Waals surface area (Å²) in [5, 5.41) is 8.30. The van der Waals surface area contributed by atoms with Crippen molar-refractivity contribution in [3.05, 3.63) is 16.3 Å². The lowest BCUT2D eigenvalue weighted by atomic mass is 10.1. The van der Waals surface area contributed by atoms with Crippen molar-refractivity contribution in [2.45, 2.75) is 32.4 Å². The zero-order chi connectivity index (χ0) is 13.0. The molecule has 1 aromatic heterocycles. The minimum atomic E-state index is -0.608. The van der Waals surface area contributed by atoms with E-state index >= 15 is 0 Å². The highest BCUT2D eigenvalue weighted by molar-refractivity contribution is 7.85. The fourth-order valence-electron chi connectivity index (χ4n) is 2.01. The third kappa shape index (κ3) is 3.90. The van der Waals surface area contributed by atoms with E-state index in [1.165, 1.54) is 6.92 Å². The van der Waals surface area contributed by atoms with Gasteiger partial charge in [0.2, 0.25) is 5.91 Å². The Morgan fingerprint density at radius 3 is 2.89 bits per heavy atom. The van der Waals surface area contributed by atoms with E-state index in [0.717, 1.165) is 41.5 Å². The molecule has 2 N–H and O–H groups in total. The van der Waals surface area contributed by atoms with E-state index < -0.39 is 10.8 Å². The second-order valence-electron chi connectivity index (χ2n) is 4.44. The summed E-state index contributed by atoms with van der Waals surface area (Å²) in [4.78, 5) is 12.2. The van der Waals surface area contributed by atoms with Crippen molar-refractivity contribution in [1.29, 1.82) is 0 Å². The second kappa shape index (κ2) is 6.45. The molecular formula is C12H18N2O2S2. The predicted molar refractivity (Wildman–Crippen MR) is 76.4 cm³/mol. The van der Waals surface area contributed by atoms with E-state index in [1.54, 1.807) is 11.3 Å². The molecular weight excluding hydrogens is 268 g/mol. The molecule has 0 radical (unpaired) electrons. The monoisotopic (exact) mass is 286 g/mol. The van der Waals surface area contributed by atoms with Gasteiger partial charge < -0.3 is 10.6 Å².